The highest BCUT2D eigenvalue weighted by atomic mass is 16.6. The van der Waals surface area contributed by atoms with Crippen molar-refractivity contribution in [1.82, 2.24) is 0 Å². The van der Waals surface area contributed by atoms with Gasteiger partial charge in [0.15, 0.2) is 6.29 Å². The maximum atomic E-state index is 9.45. The molecule has 1 aliphatic rings. The Bertz CT molecular complexity index is 187. The topological polar surface area (TPSA) is 29.5 Å². The molecule has 2 heteroatoms. The molecule has 1 rings (SSSR count). The molecule has 0 bridgehead atoms. The van der Waals surface area contributed by atoms with Gasteiger partial charge in [-0.3, -0.25) is 0 Å². The van der Waals surface area contributed by atoms with Crippen molar-refractivity contribution in [2.24, 2.45) is 11.8 Å². The number of hydrogen-bond acceptors (Lipinski definition) is 2. The summed E-state index contributed by atoms with van der Waals surface area (Å²) in [5.41, 5.74) is 1.23. The molecule has 0 fully saturated rings. The number of rotatable bonds is 0. The highest BCUT2D eigenvalue weighted by Gasteiger charge is 2.15. The number of aliphatic hydroxyl groups excluding tert-OH is 1. The zero-order valence-corrected chi connectivity index (χ0v) is 8.79. The third-order valence-corrected chi connectivity index (χ3v) is 2.88. The minimum atomic E-state index is -0.616. The molecule has 0 aromatic heterocycles. The molecule has 76 valence electrons. The van der Waals surface area contributed by atoms with E-state index in [1.165, 1.54) is 18.4 Å². The second-order valence-electron chi connectivity index (χ2n) is 4.27. The lowest BCUT2D eigenvalue weighted by atomic mass is 9.92. The first-order valence-corrected chi connectivity index (χ1v) is 5.09. The average Bonchev–Trinajstić information content (AvgIpc) is 2.12. The minimum Gasteiger partial charge on any atom is -0.473 e. The van der Waals surface area contributed by atoms with E-state index in [-0.39, 0.29) is 0 Å². The summed E-state index contributed by atoms with van der Waals surface area (Å²) in [5.74, 6) is 1.13. The van der Waals surface area contributed by atoms with Gasteiger partial charge in [-0.2, -0.15) is 0 Å². The molecule has 0 saturated carbocycles. The first kappa shape index (κ1) is 10.6. The molecular formula is C11H20O2. The minimum absolute atomic E-state index is 0.553. The molecule has 2 nitrogen and oxygen atoms in total. The van der Waals surface area contributed by atoms with Gasteiger partial charge >= 0.3 is 0 Å². The SMILES string of the molecule is C/C1=C/OC(O)C[C@@H](C)CC[C@H]1C. The zero-order chi connectivity index (χ0) is 9.84. The van der Waals surface area contributed by atoms with Crippen LogP contribution in [0.1, 0.15) is 40.0 Å². The summed E-state index contributed by atoms with van der Waals surface area (Å²) < 4.78 is 5.21. The molecule has 0 radical (unpaired) electrons. The predicted octanol–water partition coefficient (Wildman–Crippen LogP) is 2.68. The molecule has 1 aliphatic heterocycles. The number of ether oxygens (including phenoxy) is 1. The van der Waals surface area contributed by atoms with Crippen molar-refractivity contribution in [3.05, 3.63) is 11.8 Å². The van der Waals surface area contributed by atoms with Crippen LogP contribution in [-0.2, 0) is 4.74 Å². The molecular weight excluding hydrogens is 164 g/mol. The molecule has 3 atom stereocenters. The van der Waals surface area contributed by atoms with Crippen LogP contribution >= 0.6 is 0 Å². The third-order valence-electron chi connectivity index (χ3n) is 2.88. The highest BCUT2D eigenvalue weighted by Crippen LogP contribution is 2.24. The van der Waals surface area contributed by atoms with Crippen molar-refractivity contribution in [2.45, 2.75) is 46.3 Å². The maximum absolute atomic E-state index is 9.45. The quantitative estimate of drug-likeness (QED) is 0.627. The fourth-order valence-corrected chi connectivity index (χ4v) is 1.58. The van der Waals surface area contributed by atoms with Gasteiger partial charge in [-0.05, 0) is 37.2 Å². The summed E-state index contributed by atoms with van der Waals surface area (Å²) in [6.45, 7) is 6.44. The Balaban J connectivity index is 2.60. The van der Waals surface area contributed by atoms with Crippen molar-refractivity contribution in [3.63, 3.8) is 0 Å². The van der Waals surface area contributed by atoms with Crippen molar-refractivity contribution < 1.29 is 9.84 Å². The van der Waals surface area contributed by atoms with Gasteiger partial charge in [0, 0.05) is 6.42 Å². The Morgan fingerprint density at radius 3 is 2.77 bits per heavy atom. The Labute approximate surface area is 80.6 Å². The molecule has 0 aliphatic carbocycles. The molecule has 0 saturated heterocycles. The van der Waals surface area contributed by atoms with Crippen molar-refractivity contribution in [1.29, 1.82) is 0 Å². The van der Waals surface area contributed by atoms with E-state index in [1.807, 2.05) is 0 Å². The zero-order valence-electron chi connectivity index (χ0n) is 8.79. The van der Waals surface area contributed by atoms with Gasteiger partial charge in [0.05, 0.1) is 6.26 Å². The van der Waals surface area contributed by atoms with Crippen molar-refractivity contribution in [3.8, 4) is 0 Å². The third kappa shape index (κ3) is 3.39. The molecule has 0 aromatic carbocycles. The van der Waals surface area contributed by atoms with E-state index in [0.717, 1.165) is 6.42 Å². The summed E-state index contributed by atoms with van der Waals surface area (Å²) >= 11 is 0. The van der Waals surface area contributed by atoms with Crippen LogP contribution in [0.3, 0.4) is 0 Å². The Hall–Kier alpha value is -0.500. The van der Waals surface area contributed by atoms with E-state index in [1.54, 1.807) is 6.26 Å². The van der Waals surface area contributed by atoms with E-state index >= 15 is 0 Å². The smallest absolute Gasteiger partial charge is 0.196 e. The Morgan fingerprint density at radius 1 is 1.38 bits per heavy atom. The van der Waals surface area contributed by atoms with Crippen LogP contribution < -0.4 is 0 Å². The fraction of sp³-hybridized carbons (Fsp3) is 0.818. The second kappa shape index (κ2) is 4.66. The number of allylic oxidation sites excluding steroid dienone is 1. The average molecular weight is 184 g/mol. The summed E-state index contributed by atoms with van der Waals surface area (Å²) in [7, 11) is 0. The van der Waals surface area contributed by atoms with Gasteiger partial charge < -0.3 is 9.84 Å². The van der Waals surface area contributed by atoms with Crippen LogP contribution in [0.25, 0.3) is 0 Å². The Morgan fingerprint density at radius 2 is 2.08 bits per heavy atom. The summed E-state index contributed by atoms with van der Waals surface area (Å²) in [4.78, 5) is 0. The van der Waals surface area contributed by atoms with Crippen LogP contribution in [0.4, 0.5) is 0 Å². The second-order valence-corrected chi connectivity index (χ2v) is 4.27. The van der Waals surface area contributed by atoms with Gasteiger partial charge in [0.25, 0.3) is 0 Å². The molecule has 0 spiro atoms. The lowest BCUT2D eigenvalue weighted by molar-refractivity contribution is -0.0651. The van der Waals surface area contributed by atoms with Crippen LogP contribution in [0, 0.1) is 11.8 Å². The summed E-state index contributed by atoms with van der Waals surface area (Å²) in [5, 5.41) is 9.45. The maximum Gasteiger partial charge on any atom is 0.196 e. The molecule has 1 unspecified atom stereocenters. The van der Waals surface area contributed by atoms with Crippen molar-refractivity contribution in [2.75, 3.05) is 0 Å². The molecule has 0 aromatic rings. The lowest BCUT2D eigenvalue weighted by Crippen LogP contribution is -2.12. The van der Waals surface area contributed by atoms with Crippen LogP contribution in [-0.4, -0.2) is 11.4 Å². The van der Waals surface area contributed by atoms with Crippen LogP contribution in [0.15, 0.2) is 11.8 Å². The standard InChI is InChI=1S/C11H20O2/c1-8-4-5-9(2)10(3)7-13-11(12)6-8/h7-9,11-12H,4-6H2,1-3H3/b10-7-/t8-,9+,11?/m0/s1. The van der Waals surface area contributed by atoms with Gasteiger partial charge in [0.1, 0.15) is 0 Å². The van der Waals surface area contributed by atoms with Crippen molar-refractivity contribution >= 4 is 0 Å². The van der Waals surface area contributed by atoms with Crippen LogP contribution in [0.2, 0.25) is 0 Å². The Kier molecular flexibility index (Phi) is 3.79. The van der Waals surface area contributed by atoms with Gasteiger partial charge in [-0.1, -0.05) is 13.8 Å². The highest BCUT2D eigenvalue weighted by molar-refractivity contribution is 4.98. The summed E-state index contributed by atoms with van der Waals surface area (Å²) in [6, 6.07) is 0. The van der Waals surface area contributed by atoms with E-state index in [4.69, 9.17) is 4.74 Å². The van der Waals surface area contributed by atoms with Crippen LogP contribution in [0.5, 0.6) is 0 Å². The van der Waals surface area contributed by atoms with Gasteiger partial charge in [0.2, 0.25) is 0 Å². The van der Waals surface area contributed by atoms with E-state index in [0.29, 0.717) is 11.8 Å². The monoisotopic (exact) mass is 184 g/mol. The molecule has 13 heavy (non-hydrogen) atoms. The van der Waals surface area contributed by atoms with E-state index < -0.39 is 6.29 Å². The first-order valence-electron chi connectivity index (χ1n) is 5.09. The van der Waals surface area contributed by atoms with Gasteiger partial charge in [-0.15, -0.1) is 0 Å². The number of aliphatic hydroxyl groups is 1. The van der Waals surface area contributed by atoms with E-state index in [9.17, 15) is 5.11 Å². The predicted molar refractivity (Wildman–Crippen MR) is 53.0 cm³/mol. The first-order chi connectivity index (χ1) is 6.09. The summed E-state index contributed by atoms with van der Waals surface area (Å²) in [6.07, 6.45) is 4.21. The molecule has 1 heterocycles. The largest absolute Gasteiger partial charge is 0.473 e. The lowest BCUT2D eigenvalue weighted by Gasteiger charge is -2.14. The van der Waals surface area contributed by atoms with Gasteiger partial charge in [-0.25, -0.2) is 0 Å². The molecule has 0 amide bonds. The number of hydrogen-bond donors (Lipinski definition) is 1. The molecule has 1 N–H and O–H groups in total. The normalized spacial score (nSPS) is 40.6. The fourth-order valence-electron chi connectivity index (χ4n) is 1.58. The van der Waals surface area contributed by atoms with E-state index in [2.05, 4.69) is 20.8 Å².